The van der Waals surface area contributed by atoms with Crippen molar-refractivity contribution in [2.75, 3.05) is 38.2 Å². The minimum absolute atomic E-state index is 0.0267. The number of hydrogen-bond donors (Lipinski definition) is 0. The first-order chi connectivity index (χ1) is 12.0. The maximum Gasteiger partial charge on any atom is 0.243 e. The highest BCUT2D eigenvalue weighted by Crippen LogP contribution is 2.31. The van der Waals surface area contributed by atoms with Gasteiger partial charge in [-0.25, -0.2) is 8.42 Å². The molecule has 1 heterocycles. The van der Waals surface area contributed by atoms with E-state index < -0.39 is 10.0 Å². The molecule has 0 unspecified atom stereocenters. The summed E-state index contributed by atoms with van der Waals surface area (Å²) in [5.41, 5.74) is 2.69. The van der Waals surface area contributed by atoms with Crippen LogP contribution in [0.5, 0.6) is 0 Å². The Morgan fingerprint density at radius 3 is 2.00 bits per heavy atom. The standard InChI is InChI=1S/C19H30N2O3S2/c1-14-11-16(19(3,4)5)12-15(2)18(14)26(23,24)21-9-7-20(8-10-21)17(22)13-25-6/h11-12H,7-10,13H2,1-6H3. The van der Waals surface area contributed by atoms with Crippen molar-refractivity contribution < 1.29 is 13.2 Å². The molecular weight excluding hydrogens is 368 g/mol. The normalized spacial score (nSPS) is 16.8. The van der Waals surface area contributed by atoms with Gasteiger partial charge in [-0.15, -0.1) is 0 Å². The van der Waals surface area contributed by atoms with Gasteiger partial charge in [0.2, 0.25) is 15.9 Å². The molecule has 0 N–H and O–H groups in total. The molecule has 146 valence electrons. The molecule has 0 radical (unpaired) electrons. The van der Waals surface area contributed by atoms with Crippen LogP contribution in [-0.4, -0.2) is 61.7 Å². The number of benzene rings is 1. The zero-order valence-corrected chi connectivity index (χ0v) is 18.3. The van der Waals surface area contributed by atoms with Crippen LogP contribution >= 0.6 is 11.8 Å². The van der Waals surface area contributed by atoms with Crippen LogP contribution in [0.2, 0.25) is 0 Å². The van der Waals surface area contributed by atoms with Crippen LogP contribution in [-0.2, 0) is 20.2 Å². The Bertz CT molecular complexity index is 751. The second-order valence-corrected chi connectivity index (χ2v) is 10.6. The summed E-state index contributed by atoms with van der Waals surface area (Å²) in [6.07, 6.45) is 1.89. The summed E-state index contributed by atoms with van der Waals surface area (Å²) in [4.78, 5) is 14.2. The molecule has 1 aromatic carbocycles. The molecule has 1 amide bonds. The van der Waals surface area contributed by atoms with E-state index in [-0.39, 0.29) is 11.3 Å². The molecule has 2 rings (SSSR count). The first kappa shape index (κ1) is 21.3. The van der Waals surface area contributed by atoms with Crippen LogP contribution in [0.15, 0.2) is 17.0 Å². The fraction of sp³-hybridized carbons (Fsp3) is 0.632. The lowest BCUT2D eigenvalue weighted by Gasteiger charge is -2.34. The van der Waals surface area contributed by atoms with Crippen molar-refractivity contribution >= 4 is 27.7 Å². The summed E-state index contributed by atoms with van der Waals surface area (Å²) >= 11 is 1.49. The van der Waals surface area contributed by atoms with Crippen LogP contribution in [0.1, 0.15) is 37.5 Å². The Hall–Kier alpha value is -1.05. The molecule has 26 heavy (non-hydrogen) atoms. The zero-order valence-electron chi connectivity index (χ0n) is 16.6. The van der Waals surface area contributed by atoms with Gasteiger partial charge in [0.1, 0.15) is 0 Å². The SMILES string of the molecule is CSCC(=O)N1CCN(S(=O)(=O)c2c(C)cc(C(C)(C)C)cc2C)CC1. The van der Waals surface area contributed by atoms with E-state index in [1.165, 1.54) is 16.1 Å². The van der Waals surface area contributed by atoms with Crippen LogP contribution in [0.3, 0.4) is 0 Å². The van der Waals surface area contributed by atoms with Gasteiger partial charge >= 0.3 is 0 Å². The lowest BCUT2D eigenvalue weighted by molar-refractivity contribution is -0.129. The number of piperazine rings is 1. The third kappa shape index (κ3) is 4.43. The summed E-state index contributed by atoms with van der Waals surface area (Å²) < 4.78 is 27.9. The molecule has 1 aliphatic rings. The topological polar surface area (TPSA) is 57.7 Å². The molecule has 0 aliphatic carbocycles. The second kappa shape index (κ2) is 7.90. The first-order valence-corrected chi connectivity index (χ1v) is 11.7. The smallest absolute Gasteiger partial charge is 0.243 e. The van der Waals surface area contributed by atoms with Gasteiger partial charge < -0.3 is 4.90 Å². The highest BCUT2D eigenvalue weighted by atomic mass is 32.2. The molecule has 1 saturated heterocycles. The number of carbonyl (C=O) groups excluding carboxylic acids is 1. The van der Waals surface area contributed by atoms with Crippen molar-refractivity contribution in [2.24, 2.45) is 0 Å². The minimum atomic E-state index is -3.56. The molecule has 1 aliphatic heterocycles. The van der Waals surface area contributed by atoms with Crippen molar-refractivity contribution in [3.05, 3.63) is 28.8 Å². The van der Waals surface area contributed by atoms with Gasteiger partial charge in [-0.1, -0.05) is 32.9 Å². The average Bonchev–Trinajstić information content (AvgIpc) is 2.53. The van der Waals surface area contributed by atoms with Gasteiger partial charge in [0, 0.05) is 26.2 Å². The molecule has 0 bridgehead atoms. The van der Waals surface area contributed by atoms with Crippen LogP contribution in [0, 0.1) is 13.8 Å². The summed E-state index contributed by atoms with van der Waals surface area (Å²) in [5, 5.41) is 0. The van der Waals surface area contributed by atoms with Gasteiger partial charge in [-0.05, 0) is 42.2 Å². The Kier molecular flexibility index (Phi) is 6.46. The van der Waals surface area contributed by atoms with Gasteiger partial charge in [-0.3, -0.25) is 4.79 Å². The van der Waals surface area contributed by atoms with E-state index in [9.17, 15) is 13.2 Å². The average molecular weight is 399 g/mol. The quantitative estimate of drug-likeness (QED) is 0.783. The fourth-order valence-electron chi connectivity index (χ4n) is 3.31. The molecule has 1 aromatic rings. The van der Waals surface area contributed by atoms with Crippen LogP contribution in [0.25, 0.3) is 0 Å². The van der Waals surface area contributed by atoms with Crippen molar-refractivity contribution in [3.63, 3.8) is 0 Å². The number of carbonyl (C=O) groups is 1. The molecule has 0 atom stereocenters. The van der Waals surface area contributed by atoms with Gasteiger partial charge in [0.25, 0.3) is 0 Å². The van der Waals surface area contributed by atoms with Crippen molar-refractivity contribution in [1.82, 2.24) is 9.21 Å². The number of thioether (sulfide) groups is 1. The number of hydrogen-bond acceptors (Lipinski definition) is 4. The summed E-state index contributed by atoms with van der Waals surface area (Å²) in [7, 11) is -3.56. The highest BCUT2D eigenvalue weighted by Gasteiger charge is 2.32. The predicted octanol–water partition coefficient (Wildman–Crippen LogP) is 2.80. The lowest BCUT2D eigenvalue weighted by atomic mass is 9.85. The van der Waals surface area contributed by atoms with E-state index in [0.29, 0.717) is 36.8 Å². The fourth-order valence-corrected chi connectivity index (χ4v) is 5.58. The third-order valence-electron chi connectivity index (χ3n) is 4.78. The van der Waals surface area contributed by atoms with Crippen LogP contribution in [0.4, 0.5) is 0 Å². The van der Waals surface area contributed by atoms with Crippen molar-refractivity contribution in [2.45, 2.75) is 44.9 Å². The molecule has 5 nitrogen and oxygen atoms in total. The lowest BCUT2D eigenvalue weighted by Crippen LogP contribution is -2.51. The molecule has 7 heteroatoms. The predicted molar refractivity (Wildman–Crippen MR) is 108 cm³/mol. The first-order valence-electron chi connectivity index (χ1n) is 8.87. The number of amides is 1. The Labute approximate surface area is 162 Å². The van der Waals surface area contributed by atoms with Gasteiger partial charge in [-0.2, -0.15) is 16.1 Å². The Morgan fingerprint density at radius 1 is 1.08 bits per heavy atom. The molecule has 0 aromatic heterocycles. The second-order valence-electron chi connectivity index (χ2n) is 7.91. The molecule has 0 spiro atoms. The number of aryl methyl sites for hydroxylation is 2. The Morgan fingerprint density at radius 2 is 1.58 bits per heavy atom. The highest BCUT2D eigenvalue weighted by molar-refractivity contribution is 7.99. The summed E-state index contributed by atoms with van der Waals surface area (Å²) in [6, 6.07) is 3.97. The number of rotatable bonds is 4. The van der Waals surface area contributed by atoms with Crippen molar-refractivity contribution in [1.29, 1.82) is 0 Å². The zero-order chi connectivity index (χ0) is 19.7. The number of sulfonamides is 1. The largest absolute Gasteiger partial charge is 0.339 e. The maximum atomic E-state index is 13.2. The van der Waals surface area contributed by atoms with Gasteiger partial charge in [0.15, 0.2) is 0 Å². The van der Waals surface area contributed by atoms with E-state index in [1.54, 1.807) is 4.90 Å². The summed E-state index contributed by atoms with van der Waals surface area (Å²) in [5.74, 6) is 0.524. The molecular formula is C19H30N2O3S2. The minimum Gasteiger partial charge on any atom is -0.339 e. The van der Waals surface area contributed by atoms with Crippen molar-refractivity contribution in [3.8, 4) is 0 Å². The van der Waals surface area contributed by atoms with E-state index in [0.717, 1.165) is 16.7 Å². The number of nitrogens with zero attached hydrogens (tertiary/aromatic N) is 2. The summed E-state index contributed by atoms with van der Waals surface area (Å²) in [6.45, 7) is 11.7. The van der Waals surface area contributed by atoms with E-state index >= 15 is 0 Å². The van der Waals surface area contributed by atoms with E-state index in [4.69, 9.17) is 0 Å². The third-order valence-corrected chi connectivity index (χ3v) is 7.52. The Balaban J connectivity index is 2.25. The maximum absolute atomic E-state index is 13.2. The molecule has 0 saturated carbocycles. The monoisotopic (exact) mass is 398 g/mol. The van der Waals surface area contributed by atoms with E-state index in [2.05, 4.69) is 20.8 Å². The van der Waals surface area contributed by atoms with Gasteiger partial charge in [0.05, 0.1) is 10.6 Å². The van der Waals surface area contributed by atoms with Crippen LogP contribution < -0.4 is 0 Å². The molecule has 1 fully saturated rings. The van der Waals surface area contributed by atoms with E-state index in [1.807, 2.05) is 32.2 Å².